The van der Waals surface area contributed by atoms with Gasteiger partial charge in [-0.1, -0.05) is 6.92 Å². The van der Waals surface area contributed by atoms with Crippen molar-refractivity contribution in [3.8, 4) is 0 Å². The Morgan fingerprint density at radius 3 is 2.58 bits per heavy atom. The van der Waals surface area contributed by atoms with Gasteiger partial charge in [0, 0.05) is 25.2 Å². The van der Waals surface area contributed by atoms with Crippen LogP contribution in [0, 0.1) is 0 Å². The number of nitrogens with two attached hydrogens (primary N) is 1. The van der Waals surface area contributed by atoms with Crippen LogP contribution in [0.5, 0.6) is 0 Å². The van der Waals surface area contributed by atoms with Gasteiger partial charge in [-0.3, -0.25) is 9.69 Å². The molecule has 0 aromatic heterocycles. The molecule has 0 aliphatic carbocycles. The summed E-state index contributed by atoms with van der Waals surface area (Å²) in [6.45, 7) is 5.45. The molecule has 2 fully saturated rings. The largest absolute Gasteiger partial charge is 0.339 e. The van der Waals surface area contributed by atoms with Crippen molar-refractivity contribution < 1.29 is 4.79 Å². The molecular weight excluding hydrogens is 262 g/mol. The van der Waals surface area contributed by atoms with Gasteiger partial charge >= 0.3 is 0 Å². The quantitative estimate of drug-likeness (QED) is 0.856. The molecule has 2 aliphatic rings. The first kappa shape index (κ1) is 16.7. The molecule has 2 heterocycles. The van der Waals surface area contributed by atoms with Gasteiger partial charge in [-0.25, -0.2) is 0 Å². The van der Waals surface area contributed by atoms with Crippen LogP contribution in [0.25, 0.3) is 0 Å². The maximum Gasteiger partial charge on any atom is 0.237 e. The molecule has 0 saturated carbocycles. The average Bonchev–Trinajstić information content (AvgIpc) is 2.85. The smallest absolute Gasteiger partial charge is 0.237 e. The van der Waals surface area contributed by atoms with E-state index in [1.165, 1.54) is 25.7 Å². The fourth-order valence-corrected chi connectivity index (χ4v) is 3.39. The Bertz CT molecular complexity index is 288. The minimum absolute atomic E-state index is 0. The standard InChI is InChI=1S/C14H27N3O.ClH/c1-2-12-6-3-4-9-17(12)14(18)11-16-8-5-7-13(16)10-15;/h12-13H,2-11,15H2,1H3;1H. The Hall–Kier alpha value is -0.320. The summed E-state index contributed by atoms with van der Waals surface area (Å²) in [6, 6.07) is 0.906. The molecular formula is C14H28ClN3O. The molecule has 2 saturated heterocycles. The first-order valence-electron chi connectivity index (χ1n) is 7.49. The van der Waals surface area contributed by atoms with E-state index >= 15 is 0 Å². The van der Waals surface area contributed by atoms with E-state index in [-0.39, 0.29) is 12.4 Å². The molecule has 2 N–H and O–H groups in total. The summed E-state index contributed by atoms with van der Waals surface area (Å²) in [4.78, 5) is 16.8. The van der Waals surface area contributed by atoms with Gasteiger partial charge in [-0.2, -0.15) is 0 Å². The Kier molecular flexibility index (Phi) is 7.11. The minimum atomic E-state index is 0. The molecule has 5 heteroatoms. The lowest BCUT2D eigenvalue weighted by Crippen LogP contribution is -2.49. The van der Waals surface area contributed by atoms with Gasteiger partial charge in [0.15, 0.2) is 0 Å². The molecule has 0 aromatic carbocycles. The minimum Gasteiger partial charge on any atom is -0.339 e. The van der Waals surface area contributed by atoms with Crippen LogP contribution in [0.4, 0.5) is 0 Å². The molecule has 2 rings (SSSR count). The second-order valence-corrected chi connectivity index (χ2v) is 5.65. The van der Waals surface area contributed by atoms with E-state index in [0.29, 0.717) is 31.1 Å². The highest BCUT2D eigenvalue weighted by Crippen LogP contribution is 2.21. The fraction of sp³-hybridized carbons (Fsp3) is 0.929. The molecule has 112 valence electrons. The number of hydrogen-bond acceptors (Lipinski definition) is 3. The van der Waals surface area contributed by atoms with Crippen molar-refractivity contribution in [2.45, 2.75) is 57.5 Å². The highest BCUT2D eigenvalue weighted by Gasteiger charge is 2.30. The average molecular weight is 290 g/mol. The van der Waals surface area contributed by atoms with E-state index in [9.17, 15) is 4.79 Å². The summed E-state index contributed by atoms with van der Waals surface area (Å²) in [7, 11) is 0. The van der Waals surface area contributed by atoms with E-state index in [4.69, 9.17) is 5.73 Å². The zero-order valence-electron chi connectivity index (χ0n) is 12.0. The third-order valence-corrected chi connectivity index (χ3v) is 4.53. The predicted octanol–water partition coefficient (Wildman–Crippen LogP) is 1.62. The van der Waals surface area contributed by atoms with Crippen LogP contribution in [0.2, 0.25) is 0 Å². The van der Waals surface area contributed by atoms with Gasteiger partial charge in [-0.15, -0.1) is 12.4 Å². The van der Waals surface area contributed by atoms with E-state index in [2.05, 4.69) is 16.7 Å². The third-order valence-electron chi connectivity index (χ3n) is 4.53. The van der Waals surface area contributed by atoms with Gasteiger partial charge < -0.3 is 10.6 Å². The number of likely N-dealkylation sites (tertiary alicyclic amines) is 2. The van der Waals surface area contributed by atoms with Crippen molar-refractivity contribution in [2.75, 3.05) is 26.2 Å². The molecule has 2 atom stereocenters. The summed E-state index contributed by atoms with van der Waals surface area (Å²) in [5, 5.41) is 0. The molecule has 4 nitrogen and oxygen atoms in total. The summed E-state index contributed by atoms with van der Waals surface area (Å²) in [5.41, 5.74) is 5.77. The van der Waals surface area contributed by atoms with Crippen LogP contribution >= 0.6 is 12.4 Å². The molecule has 2 aliphatic heterocycles. The van der Waals surface area contributed by atoms with Gasteiger partial charge in [0.25, 0.3) is 0 Å². The molecule has 1 amide bonds. The number of halogens is 1. The highest BCUT2D eigenvalue weighted by atomic mass is 35.5. The predicted molar refractivity (Wildman–Crippen MR) is 80.5 cm³/mol. The Morgan fingerprint density at radius 2 is 1.89 bits per heavy atom. The first-order valence-corrected chi connectivity index (χ1v) is 7.49. The topological polar surface area (TPSA) is 49.6 Å². The van der Waals surface area contributed by atoms with E-state index in [0.717, 1.165) is 25.9 Å². The van der Waals surface area contributed by atoms with Crippen molar-refractivity contribution in [1.82, 2.24) is 9.80 Å². The second-order valence-electron chi connectivity index (χ2n) is 5.65. The molecule has 0 spiro atoms. The fourth-order valence-electron chi connectivity index (χ4n) is 3.39. The van der Waals surface area contributed by atoms with Crippen LogP contribution < -0.4 is 5.73 Å². The highest BCUT2D eigenvalue weighted by molar-refractivity contribution is 5.85. The monoisotopic (exact) mass is 289 g/mol. The van der Waals surface area contributed by atoms with Crippen molar-refractivity contribution in [3.05, 3.63) is 0 Å². The van der Waals surface area contributed by atoms with Crippen molar-refractivity contribution in [2.24, 2.45) is 5.73 Å². The number of hydrogen-bond donors (Lipinski definition) is 1. The number of carbonyl (C=O) groups excluding carboxylic acids is 1. The maximum absolute atomic E-state index is 12.4. The van der Waals surface area contributed by atoms with Gasteiger partial charge in [0.1, 0.15) is 0 Å². The van der Waals surface area contributed by atoms with Crippen molar-refractivity contribution in [1.29, 1.82) is 0 Å². The van der Waals surface area contributed by atoms with Crippen LogP contribution in [-0.2, 0) is 4.79 Å². The van der Waals surface area contributed by atoms with Gasteiger partial charge in [-0.05, 0) is 45.1 Å². The Morgan fingerprint density at radius 1 is 1.16 bits per heavy atom. The molecule has 0 radical (unpaired) electrons. The zero-order chi connectivity index (χ0) is 13.0. The Balaban J connectivity index is 0.00000180. The molecule has 2 unspecified atom stereocenters. The van der Waals surface area contributed by atoms with Crippen molar-refractivity contribution >= 4 is 18.3 Å². The summed E-state index contributed by atoms with van der Waals surface area (Å²) >= 11 is 0. The summed E-state index contributed by atoms with van der Waals surface area (Å²) in [5.74, 6) is 0.321. The van der Waals surface area contributed by atoms with Crippen LogP contribution in [0.1, 0.15) is 45.4 Å². The van der Waals surface area contributed by atoms with Crippen LogP contribution in [-0.4, -0.2) is 54.0 Å². The molecule has 0 bridgehead atoms. The first-order chi connectivity index (χ1) is 8.76. The van der Waals surface area contributed by atoms with Gasteiger partial charge in [0.05, 0.1) is 6.54 Å². The third kappa shape index (κ3) is 4.07. The summed E-state index contributed by atoms with van der Waals surface area (Å²) < 4.78 is 0. The number of amides is 1. The maximum atomic E-state index is 12.4. The Labute approximate surface area is 123 Å². The normalized spacial score (nSPS) is 28.2. The van der Waals surface area contributed by atoms with E-state index < -0.39 is 0 Å². The number of piperidine rings is 1. The molecule has 19 heavy (non-hydrogen) atoms. The van der Waals surface area contributed by atoms with Crippen molar-refractivity contribution in [3.63, 3.8) is 0 Å². The zero-order valence-corrected chi connectivity index (χ0v) is 12.8. The number of rotatable bonds is 4. The van der Waals surface area contributed by atoms with E-state index in [1.807, 2.05) is 0 Å². The lowest BCUT2D eigenvalue weighted by Gasteiger charge is -2.37. The number of carbonyl (C=O) groups is 1. The van der Waals surface area contributed by atoms with Crippen LogP contribution in [0.15, 0.2) is 0 Å². The lowest BCUT2D eigenvalue weighted by atomic mass is 10.00. The number of nitrogens with zero attached hydrogens (tertiary/aromatic N) is 2. The van der Waals surface area contributed by atoms with Crippen LogP contribution in [0.3, 0.4) is 0 Å². The van der Waals surface area contributed by atoms with Gasteiger partial charge in [0.2, 0.25) is 5.91 Å². The van der Waals surface area contributed by atoms with E-state index in [1.54, 1.807) is 0 Å². The second kappa shape index (κ2) is 8.08. The lowest BCUT2D eigenvalue weighted by molar-refractivity contribution is -0.136. The summed E-state index contributed by atoms with van der Waals surface area (Å²) in [6.07, 6.45) is 7.06. The molecule has 0 aromatic rings. The SMILES string of the molecule is CCC1CCCCN1C(=O)CN1CCCC1CN.Cl.